The van der Waals surface area contributed by atoms with E-state index < -0.39 is 0 Å². The summed E-state index contributed by atoms with van der Waals surface area (Å²) in [6, 6.07) is 11.0. The topological polar surface area (TPSA) is 40.6 Å². The lowest BCUT2D eigenvalue weighted by Crippen LogP contribution is -2.61. The molecule has 144 valence electrons. The monoisotopic (exact) mass is 366 g/mol. The number of piperazine rings is 1. The van der Waals surface area contributed by atoms with Crippen LogP contribution in [0.2, 0.25) is 0 Å². The number of hydrogen-bond donors (Lipinski definition) is 0. The summed E-state index contributed by atoms with van der Waals surface area (Å²) in [4.78, 5) is 29.3. The van der Waals surface area contributed by atoms with Crippen molar-refractivity contribution < 1.29 is 9.59 Å². The third-order valence-corrected chi connectivity index (χ3v) is 7.91. The normalized spacial score (nSPS) is 37.5. The fourth-order valence-corrected chi connectivity index (χ4v) is 7.20. The number of carbonyl (C=O) groups is 2. The van der Waals surface area contributed by atoms with Crippen LogP contribution >= 0.6 is 0 Å². The minimum Gasteiger partial charge on any atom is -0.339 e. The fourth-order valence-electron chi connectivity index (χ4n) is 7.20. The Balaban J connectivity index is 1.41. The van der Waals surface area contributed by atoms with Crippen molar-refractivity contribution >= 4 is 11.8 Å². The molecule has 4 heteroatoms. The smallest absolute Gasteiger partial charge is 0.228 e. The molecular weight excluding hydrogens is 336 g/mol. The van der Waals surface area contributed by atoms with E-state index in [-0.39, 0.29) is 16.7 Å². The van der Waals surface area contributed by atoms with Gasteiger partial charge in [0, 0.05) is 33.1 Å². The maximum Gasteiger partial charge on any atom is 0.228 e. The van der Waals surface area contributed by atoms with Gasteiger partial charge in [0.1, 0.15) is 0 Å². The van der Waals surface area contributed by atoms with Crippen LogP contribution in [0.25, 0.3) is 0 Å². The predicted octanol–water partition coefficient (Wildman–Crippen LogP) is 3.22. The second-order valence-electron chi connectivity index (χ2n) is 9.69. The molecule has 1 saturated heterocycles. The van der Waals surface area contributed by atoms with E-state index in [2.05, 4.69) is 35.2 Å². The van der Waals surface area contributed by atoms with E-state index in [4.69, 9.17) is 0 Å². The highest BCUT2D eigenvalue weighted by Crippen LogP contribution is 2.66. The molecule has 0 N–H and O–H groups in total. The molecule has 0 radical (unpaired) electrons. The summed E-state index contributed by atoms with van der Waals surface area (Å²) < 4.78 is 0. The van der Waals surface area contributed by atoms with Gasteiger partial charge in [0.2, 0.25) is 11.8 Å². The first-order chi connectivity index (χ1) is 13.0. The summed E-state index contributed by atoms with van der Waals surface area (Å²) in [7, 11) is 0. The van der Waals surface area contributed by atoms with E-state index in [1.165, 1.54) is 24.8 Å². The van der Waals surface area contributed by atoms with Crippen molar-refractivity contribution in [3.63, 3.8) is 0 Å². The van der Waals surface area contributed by atoms with Crippen molar-refractivity contribution in [1.29, 1.82) is 0 Å². The second-order valence-corrected chi connectivity index (χ2v) is 9.69. The van der Waals surface area contributed by atoms with Gasteiger partial charge in [0.25, 0.3) is 0 Å². The van der Waals surface area contributed by atoms with Crippen molar-refractivity contribution in [3.8, 4) is 0 Å². The van der Waals surface area contributed by atoms with E-state index in [1.54, 1.807) is 6.92 Å². The van der Waals surface area contributed by atoms with Gasteiger partial charge in [0.15, 0.2) is 0 Å². The molecule has 1 heterocycles. The zero-order chi connectivity index (χ0) is 18.6. The summed E-state index contributed by atoms with van der Waals surface area (Å²) in [5.74, 6) is 1.92. The molecule has 4 nitrogen and oxygen atoms in total. The standard InChI is InChI=1S/C23H30N2O2/c1-17(26)24-7-9-25(10-8-24)21(27)23-14-18-11-19(15-23)13-22(12-18,16-23)20-5-3-2-4-6-20/h2-6,18-19H,7-16H2,1H3/t18-,19+,22?,23?. The predicted molar refractivity (Wildman–Crippen MR) is 104 cm³/mol. The van der Waals surface area contributed by atoms with E-state index in [9.17, 15) is 9.59 Å². The van der Waals surface area contributed by atoms with Crippen molar-refractivity contribution in [3.05, 3.63) is 35.9 Å². The summed E-state index contributed by atoms with van der Waals surface area (Å²) in [6.07, 6.45) is 7.06. The van der Waals surface area contributed by atoms with Crippen molar-refractivity contribution in [2.75, 3.05) is 26.2 Å². The quantitative estimate of drug-likeness (QED) is 0.806. The average Bonchev–Trinajstić information content (AvgIpc) is 2.67. The number of hydrogen-bond acceptors (Lipinski definition) is 2. The minimum absolute atomic E-state index is 0.125. The number of amides is 2. The van der Waals surface area contributed by atoms with Gasteiger partial charge < -0.3 is 9.80 Å². The summed E-state index contributed by atoms with van der Waals surface area (Å²) in [6.45, 7) is 4.41. The van der Waals surface area contributed by atoms with Gasteiger partial charge in [-0.15, -0.1) is 0 Å². The van der Waals surface area contributed by atoms with E-state index in [0.717, 1.165) is 19.3 Å². The highest BCUT2D eigenvalue weighted by Gasteiger charge is 2.61. The minimum atomic E-state index is -0.154. The van der Waals surface area contributed by atoms with E-state index >= 15 is 0 Å². The molecule has 0 spiro atoms. The molecule has 2 amide bonds. The highest BCUT2D eigenvalue weighted by molar-refractivity contribution is 5.84. The highest BCUT2D eigenvalue weighted by atomic mass is 16.2. The molecule has 4 atom stereocenters. The Labute approximate surface area is 161 Å². The lowest BCUT2D eigenvalue weighted by atomic mass is 9.42. The van der Waals surface area contributed by atoms with Gasteiger partial charge in [-0.2, -0.15) is 0 Å². The Bertz CT molecular complexity index is 737. The molecule has 2 unspecified atom stereocenters. The summed E-state index contributed by atoms with van der Waals surface area (Å²) in [5, 5.41) is 0. The Morgan fingerprint density at radius 2 is 1.48 bits per heavy atom. The van der Waals surface area contributed by atoms with Crippen molar-refractivity contribution in [1.82, 2.24) is 9.80 Å². The van der Waals surface area contributed by atoms with E-state index in [0.29, 0.717) is 43.9 Å². The summed E-state index contributed by atoms with van der Waals surface area (Å²) >= 11 is 0. The van der Waals surface area contributed by atoms with Crippen LogP contribution in [-0.2, 0) is 15.0 Å². The van der Waals surface area contributed by atoms with Crippen LogP contribution in [-0.4, -0.2) is 47.8 Å². The van der Waals surface area contributed by atoms with Crippen LogP contribution < -0.4 is 0 Å². The van der Waals surface area contributed by atoms with Crippen molar-refractivity contribution in [2.24, 2.45) is 17.3 Å². The van der Waals surface area contributed by atoms with E-state index in [1.807, 2.05) is 4.90 Å². The average molecular weight is 367 g/mol. The first kappa shape index (κ1) is 17.3. The fraction of sp³-hybridized carbons (Fsp3) is 0.652. The molecule has 4 saturated carbocycles. The summed E-state index contributed by atoms with van der Waals surface area (Å²) in [5.41, 5.74) is 1.51. The van der Waals surface area contributed by atoms with Crippen LogP contribution in [0, 0.1) is 17.3 Å². The number of rotatable bonds is 2. The molecule has 5 aliphatic rings. The van der Waals surface area contributed by atoms with Gasteiger partial charge in [-0.05, 0) is 61.3 Å². The number of carbonyl (C=O) groups excluding carboxylic acids is 2. The zero-order valence-electron chi connectivity index (χ0n) is 16.3. The van der Waals surface area contributed by atoms with Gasteiger partial charge in [-0.1, -0.05) is 30.3 Å². The molecule has 27 heavy (non-hydrogen) atoms. The first-order valence-electron chi connectivity index (χ1n) is 10.6. The molecule has 0 aromatic heterocycles. The lowest BCUT2D eigenvalue weighted by molar-refractivity contribution is -0.163. The molecule has 1 aromatic carbocycles. The van der Waals surface area contributed by atoms with Gasteiger partial charge in [-0.3, -0.25) is 9.59 Å². The molecule has 5 fully saturated rings. The SMILES string of the molecule is CC(=O)N1CCN(C(=O)C23C[C@H]4C[C@@H](C2)CC(c2ccccc2)(C4)C3)CC1. The maximum atomic E-state index is 13.7. The van der Waals surface area contributed by atoms with Crippen LogP contribution in [0.1, 0.15) is 51.0 Å². The molecule has 6 rings (SSSR count). The first-order valence-corrected chi connectivity index (χ1v) is 10.6. The molecule has 4 aliphatic carbocycles. The zero-order valence-corrected chi connectivity index (χ0v) is 16.3. The molecule has 1 aliphatic heterocycles. The largest absolute Gasteiger partial charge is 0.339 e. The second kappa shape index (κ2) is 6.08. The Kier molecular flexibility index (Phi) is 3.89. The van der Waals surface area contributed by atoms with Gasteiger partial charge in [-0.25, -0.2) is 0 Å². The van der Waals surface area contributed by atoms with Crippen molar-refractivity contribution in [2.45, 2.75) is 50.9 Å². The molecule has 4 bridgehead atoms. The van der Waals surface area contributed by atoms with Crippen LogP contribution in [0.4, 0.5) is 0 Å². The van der Waals surface area contributed by atoms with Crippen LogP contribution in [0.5, 0.6) is 0 Å². The van der Waals surface area contributed by atoms with Crippen LogP contribution in [0.3, 0.4) is 0 Å². The lowest BCUT2D eigenvalue weighted by Gasteiger charge is -2.62. The molecule has 1 aromatic rings. The number of benzene rings is 1. The third kappa shape index (κ3) is 2.71. The van der Waals surface area contributed by atoms with Gasteiger partial charge in [0.05, 0.1) is 5.41 Å². The number of nitrogens with zero attached hydrogens (tertiary/aromatic N) is 2. The molecular formula is C23H30N2O2. The van der Waals surface area contributed by atoms with Gasteiger partial charge >= 0.3 is 0 Å². The van der Waals surface area contributed by atoms with Crippen LogP contribution in [0.15, 0.2) is 30.3 Å². The Morgan fingerprint density at radius 1 is 0.889 bits per heavy atom. The Hall–Kier alpha value is -1.84. The Morgan fingerprint density at radius 3 is 2.07 bits per heavy atom. The third-order valence-electron chi connectivity index (χ3n) is 7.91. The maximum absolute atomic E-state index is 13.7.